The fourth-order valence-corrected chi connectivity index (χ4v) is 4.25. The minimum atomic E-state index is -0.478. The van der Waals surface area contributed by atoms with Crippen molar-refractivity contribution in [1.29, 1.82) is 0 Å². The van der Waals surface area contributed by atoms with Gasteiger partial charge in [0.05, 0.1) is 12.5 Å². The number of pyridine rings is 1. The van der Waals surface area contributed by atoms with E-state index in [4.69, 9.17) is 4.74 Å². The Labute approximate surface area is 173 Å². The molecule has 0 saturated heterocycles. The zero-order valence-electron chi connectivity index (χ0n) is 17.2. The average Bonchev–Trinajstić information content (AvgIpc) is 2.75. The van der Waals surface area contributed by atoms with E-state index in [-0.39, 0.29) is 11.7 Å². The number of aryl methyl sites for hydroxylation is 1. The Hall–Kier alpha value is -3.22. The number of nitrogens with zero attached hydrogens (tertiary/aromatic N) is 2. The monoisotopic (exact) mass is 407 g/mol. The number of Topliss-reactive ketones (excluding diaryl/α,β-unsaturated/α-hetero) is 1. The largest absolute Gasteiger partial charge is 0.497 e. The van der Waals surface area contributed by atoms with Crippen LogP contribution in [0.2, 0.25) is 0 Å². The molecule has 7 heteroatoms. The van der Waals surface area contributed by atoms with Crippen LogP contribution in [-0.2, 0) is 13.0 Å². The molecule has 1 aliphatic rings. The topological polar surface area (TPSA) is 94.0 Å². The second-order valence-electron chi connectivity index (χ2n) is 7.77. The van der Waals surface area contributed by atoms with E-state index in [0.29, 0.717) is 41.5 Å². The summed E-state index contributed by atoms with van der Waals surface area (Å²) in [6.07, 6.45) is 5.26. The maximum Gasteiger partial charge on any atom is 0.329 e. The van der Waals surface area contributed by atoms with E-state index in [1.165, 1.54) is 10.8 Å². The number of nitrogens with one attached hydrogen (secondary N) is 1. The summed E-state index contributed by atoms with van der Waals surface area (Å²) in [6.45, 7) is 2.58. The third-order valence-corrected chi connectivity index (χ3v) is 5.87. The van der Waals surface area contributed by atoms with Crippen LogP contribution in [-0.4, -0.2) is 27.4 Å². The fourth-order valence-electron chi connectivity index (χ4n) is 4.25. The smallest absolute Gasteiger partial charge is 0.329 e. The number of methoxy groups -OCH3 is 1. The summed E-state index contributed by atoms with van der Waals surface area (Å²) in [5.74, 6) is 0.680. The predicted octanol–water partition coefficient (Wildman–Crippen LogP) is 3.20. The van der Waals surface area contributed by atoms with Crippen LogP contribution in [0.5, 0.6) is 5.75 Å². The quantitative estimate of drug-likeness (QED) is 0.633. The lowest BCUT2D eigenvalue weighted by atomic mass is 9.79. The van der Waals surface area contributed by atoms with E-state index in [1.54, 1.807) is 7.11 Å². The normalized spacial score (nSPS) is 15.9. The summed E-state index contributed by atoms with van der Waals surface area (Å²) in [4.78, 5) is 44.8. The molecule has 3 aromatic rings. The van der Waals surface area contributed by atoms with E-state index in [2.05, 4.69) is 16.9 Å². The molecule has 7 nitrogen and oxygen atoms in total. The molecule has 0 fully saturated rings. The molecule has 0 unspecified atom stereocenters. The molecule has 1 aromatic carbocycles. The molecule has 0 spiro atoms. The van der Waals surface area contributed by atoms with Crippen molar-refractivity contribution >= 4 is 16.8 Å². The second-order valence-corrected chi connectivity index (χ2v) is 7.77. The van der Waals surface area contributed by atoms with Crippen molar-refractivity contribution in [1.82, 2.24) is 14.5 Å². The van der Waals surface area contributed by atoms with Crippen molar-refractivity contribution in [2.24, 2.45) is 0 Å². The Morgan fingerprint density at radius 1 is 1.13 bits per heavy atom. The van der Waals surface area contributed by atoms with E-state index in [1.807, 2.05) is 24.3 Å². The first-order chi connectivity index (χ1) is 14.5. The lowest BCUT2D eigenvalue weighted by molar-refractivity contribution is 0.0964. The van der Waals surface area contributed by atoms with Gasteiger partial charge in [-0.1, -0.05) is 31.9 Å². The summed E-state index contributed by atoms with van der Waals surface area (Å²) in [7, 11) is 1.61. The Bertz CT molecular complexity index is 1210. The summed E-state index contributed by atoms with van der Waals surface area (Å²) in [5, 5.41) is 0.357. The minimum absolute atomic E-state index is 0.0328. The highest BCUT2D eigenvalue weighted by molar-refractivity contribution is 6.02. The van der Waals surface area contributed by atoms with E-state index >= 15 is 0 Å². The highest BCUT2D eigenvalue weighted by atomic mass is 16.5. The highest BCUT2D eigenvalue weighted by Gasteiger charge is 2.30. The number of unbranched alkanes of at least 4 members (excludes halogenated alkanes) is 2. The lowest BCUT2D eigenvalue weighted by Crippen LogP contribution is -2.33. The van der Waals surface area contributed by atoms with Gasteiger partial charge in [-0.3, -0.25) is 19.1 Å². The summed E-state index contributed by atoms with van der Waals surface area (Å²) >= 11 is 0. The van der Waals surface area contributed by atoms with E-state index in [9.17, 15) is 14.4 Å². The predicted molar refractivity (Wildman–Crippen MR) is 115 cm³/mol. The third-order valence-electron chi connectivity index (χ3n) is 5.87. The molecule has 1 atom stereocenters. The Morgan fingerprint density at radius 3 is 2.60 bits per heavy atom. The van der Waals surface area contributed by atoms with E-state index < -0.39 is 11.2 Å². The van der Waals surface area contributed by atoms with Crippen LogP contribution in [0.25, 0.3) is 11.0 Å². The Balaban J connectivity index is 1.82. The molecular weight excluding hydrogens is 382 g/mol. The number of fused-ring (bicyclic) bond motifs is 3. The van der Waals surface area contributed by atoms with Gasteiger partial charge >= 0.3 is 5.69 Å². The van der Waals surface area contributed by atoms with Crippen molar-refractivity contribution in [3.63, 3.8) is 0 Å². The van der Waals surface area contributed by atoms with Crippen molar-refractivity contribution in [3.05, 3.63) is 68.0 Å². The molecule has 4 rings (SSSR count). The summed E-state index contributed by atoms with van der Waals surface area (Å²) in [5.41, 5.74) is 1.62. The van der Waals surface area contributed by atoms with Gasteiger partial charge < -0.3 is 4.74 Å². The number of H-pyrrole nitrogens is 1. The van der Waals surface area contributed by atoms with Gasteiger partial charge in [0.15, 0.2) is 5.78 Å². The summed E-state index contributed by atoms with van der Waals surface area (Å²) in [6, 6.07) is 7.66. The van der Waals surface area contributed by atoms with Gasteiger partial charge in [0, 0.05) is 24.7 Å². The SMILES string of the molecule is CCCCCn1c(=O)[nH]c(=O)c2c3c(cnc21)C(=O)C[C@@H](c1ccc(OC)cc1)C3. The number of carbonyl (C=O) groups excluding carboxylic acids is 1. The molecule has 2 aromatic heterocycles. The first-order valence-electron chi connectivity index (χ1n) is 10.3. The van der Waals surface area contributed by atoms with E-state index in [0.717, 1.165) is 30.6 Å². The molecule has 0 bridgehead atoms. The minimum Gasteiger partial charge on any atom is -0.497 e. The number of hydrogen-bond donors (Lipinski definition) is 1. The number of aromatic amines is 1. The van der Waals surface area contributed by atoms with Gasteiger partial charge in [-0.15, -0.1) is 0 Å². The summed E-state index contributed by atoms with van der Waals surface area (Å²) < 4.78 is 6.74. The van der Waals surface area contributed by atoms with Gasteiger partial charge in [0.25, 0.3) is 5.56 Å². The molecule has 30 heavy (non-hydrogen) atoms. The second kappa shape index (κ2) is 8.26. The van der Waals surface area contributed by atoms with Crippen LogP contribution in [0.4, 0.5) is 0 Å². The van der Waals surface area contributed by atoms with Crippen LogP contribution < -0.4 is 16.0 Å². The number of ketones is 1. The Morgan fingerprint density at radius 2 is 1.90 bits per heavy atom. The molecule has 156 valence electrons. The van der Waals surface area contributed by atoms with Gasteiger partial charge in [-0.2, -0.15) is 0 Å². The maximum absolute atomic E-state index is 12.9. The first-order valence-corrected chi connectivity index (χ1v) is 10.3. The number of aromatic nitrogens is 3. The number of hydrogen-bond acceptors (Lipinski definition) is 5. The molecular formula is C23H25N3O4. The van der Waals surface area contributed by atoms with Crippen LogP contribution in [0.15, 0.2) is 40.1 Å². The first kappa shape index (κ1) is 20.1. The number of carbonyl (C=O) groups is 1. The van der Waals surface area contributed by atoms with Gasteiger partial charge in [0.2, 0.25) is 0 Å². The van der Waals surface area contributed by atoms with Crippen LogP contribution >= 0.6 is 0 Å². The standard InChI is InChI=1S/C23H25N3O4/c1-3-4-5-10-26-21-20(22(28)25-23(26)29)17-11-15(12-19(27)18(17)13-24-21)14-6-8-16(30-2)9-7-14/h6-9,13,15H,3-5,10-12H2,1-2H3,(H,25,28,29)/t15-/m0/s1. The van der Waals surface area contributed by atoms with Crippen LogP contribution in [0.1, 0.15) is 60.0 Å². The van der Waals surface area contributed by atoms with Crippen LogP contribution in [0.3, 0.4) is 0 Å². The fraction of sp³-hybridized carbons (Fsp3) is 0.391. The molecule has 0 amide bonds. The van der Waals surface area contributed by atoms with Crippen molar-refractivity contribution in [2.75, 3.05) is 7.11 Å². The zero-order valence-corrected chi connectivity index (χ0v) is 17.2. The molecule has 0 radical (unpaired) electrons. The molecule has 1 aliphatic carbocycles. The zero-order chi connectivity index (χ0) is 21.3. The highest BCUT2D eigenvalue weighted by Crippen LogP contribution is 2.35. The Kier molecular flexibility index (Phi) is 5.53. The molecule has 2 heterocycles. The number of benzene rings is 1. The number of ether oxygens (including phenoxy) is 1. The average molecular weight is 407 g/mol. The van der Waals surface area contributed by atoms with Crippen LogP contribution in [0, 0.1) is 0 Å². The number of rotatable bonds is 6. The third kappa shape index (κ3) is 3.56. The molecule has 0 saturated carbocycles. The van der Waals surface area contributed by atoms with Gasteiger partial charge in [0.1, 0.15) is 11.4 Å². The van der Waals surface area contributed by atoms with Gasteiger partial charge in [-0.05, 0) is 42.0 Å². The van der Waals surface area contributed by atoms with Gasteiger partial charge in [-0.25, -0.2) is 9.78 Å². The molecule has 0 aliphatic heterocycles. The van der Waals surface area contributed by atoms with Crippen molar-refractivity contribution in [3.8, 4) is 5.75 Å². The van der Waals surface area contributed by atoms with Crippen molar-refractivity contribution in [2.45, 2.75) is 51.5 Å². The van der Waals surface area contributed by atoms with Crippen molar-refractivity contribution < 1.29 is 9.53 Å². The molecule has 1 N–H and O–H groups in total. The lowest BCUT2D eigenvalue weighted by Gasteiger charge is -2.25. The maximum atomic E-state index is 12.9.